The molecule has 0 saturated carbocycles. The maximum atomic E-state index is 11.1. The average Bonchev–Trinajstić information content (AvgIpc) is 2.76. The summed E-state index contributed by atoms with van der Waals surface area (Å²) in [7, 11) is -2.75. The Morgan fingerprint density at radius 2 is 1.59 bits per heavy atom. The lowest BCUT2D eigenvalue weighted by atomic mass is 10.0. The maximum Gasteiger partial charge on any atom is 0.523 e. The number of nitrogens with two attached hydrogens (primary N) is 1. The largest absolute Gasteiger partial charge is 0.523 e. The molecule has 0 bridgehead atoms. The minimum Gasteiger partial charge on any atom is -0.343 e. The molecular weight excluding hydrogens is 461 g/mol. The molecule has 5 nitrogen and oxygen atoms in total. The fourth-order valence-corrected chi connectivity index (χ4v) is 5.01. The highest BCUT2D eigenvalue weighted by Crippen LogP contribution is 2.39. The molecule has 0 fully saturated rings. The molecule has 32 heavy (non-hydrogen) atoms. The molecule has 2 heterocycles. The van der Waals surface area contributed by atoms with Crippen LogP contribution in [-0.2, 0) is 21.3 Å². The van der Waals surface area contributed by atoms with Crippen molar-refractivity contribution in [2.45, 2.75) is 5.51 Å². The maximum absolute atomic E-state index is 11.1. The molecular formula is C22H18F3N2O3S2+. The SMILES string of the molecule is COS(=O)(=O)C(F)(F)F.Cn1c2cc(=[NH2+])ccc2c2cccc3sc4ccccc4c1c32. The summed E-state index contributed by atoms with van der Waals surface area (Å²) in [5.41, 5.74) is -2.85. The summed E-state index contributed by atoms with van der Waals surface area (Å²) in [5.74, 6) is 0. The molecule has 5 aromatic rings. The van der Waals surface area contributed by atoms with Gasteiger partial charge in [-0.05, 0) is 23.6 Å². The zero-order chi connectivity index (χ0) is 23.3. The first-order chi connectivity index (χ1) is 15.0. The first-order valence-corrected chi connectivity index (χ1v) is 11.6. The number of pyridine rings is 1. The Morgan fingerprint density at radius 1 is 0.938 bits per heavy atom. The standard InChI is InChI=1S/C20H14N2S.C2H3F3O3S/c1-22-16-11-12(21)9-10-13(16)14-6-4-8-18-19(14)20(22)15-5-2-3-7-17(15)23-18;1-8-9(6,7)2(3,4)5/h2-11,21H,1H3;1H3/p+1. The molecule has 166 valence electrons. The number of aromatic nitrogens is 1. The highest BCUT2D eigenvalue weighted by molar-refractivity contribution is 7.87. The van der Waals surface area contributed by atoms with E-state index in [9.17, 15) is 21.6 Å². The molecule has 2 aromatic heterocycles. The van der Waals surface area contributed by atoms with E-state index in [1.54, 1.807) is 0 Å². The number of rotatable bonds is 1. The van der Waals surface area contributed by atoms with Crippen molar-refractivity contribution in [3.05, 3.63) is 66.0 Å². The van der Waals surface area contributed by atoms with Gasteiger partial charge in [-0.15, -0.1) is 11.3 Å². The quantitative estimate of drug-likeness (QED) is 0.172. The molecule has 0 aliphatic carbocycles. The lowest BCUT2D eigenvalue weighted by Gasteiger charge is -2.16. The van der Waals surface area contributed by atoms with Crippen molar-refractivity contribution >= 4 is 63.4 Å². The number of hydrogen-bond acceptors (Lipinski definition) is 4. The Morgan fingerprint density at radius 3 is 2.25 bits per heavy atom. The predicted molar refractivity (Wildman–Crippen MR) is 120 cm³/mol. The van der Waals surface area contributed by atoms with Gasteiger partial charge in [-0.1, -0.05) is 30.3 Å². The second kappa shape index (κ2) is 7.88. The smallest absolute Gasteiger partial charge is 0.343 e. The number of fused-ring (bicyclic) bond motifs is 4. The van der Waals surface area contributed by atoms with Crippen LogP contribution in [0, 0.1) is 0 Å². The predicted octanol–water partition coefficient (Wildman–Crippen LogP) is 3.84. The molecule has 0 saturated heterocycles. The van der Waals surface area contributed by atoms with Crippen LogP contribution in [0.1, 0.15) is 0 Å². The van der Waals surface area contributed by atoms with Crippen molar-refractivity contribution in [2.75, 3.05) is 7.11 Å². The number of aryl methyl sites for hydroxylation is 1. The first-order valence-electron chi connectivity index (χ1n) is 9.33. The number of hydrogen-bond donors (Lipinski definition) is 1. The van der Waals surface area contributed by atoms with E-state index in [1.807, 2.05) is 17.4 Å². The van der Waals surface area contributed by atoms with Gasteiger partial charge in [0, 0.05) is 44.7 Å². The van der Waals surface area contributed by atoms with E-state index in [2.05, 4.69) is 70.4 Å². The van der Waals surface area contributed by atoms with Gasteiger partial charge in [0.05, 0.1) is 18.1 Å². The molecule has 2 N–H and O–H groups in total. The summed E-state index contributed by atoms with van der Waals surface area (Å²) in [6.07, 6.45) is 0. The van der Waals surface area contributed by atoms with Crippen LogP contribution < -0.4 is 10.8 Å². The van der Waals surface area contributed by atoms with Crippen molar-refractivity contribution in [1.82, 2.24) is 4.57 Å². The summed E-state index contributed by atoms with van der Waals surface area (Å²) in [5, 5.41) is 12.0. The molecule has 10 heteroatoms. The second-order valence-electron chi connectivity index (χ2n) is 7.03. The van der Waals surface area contributed by atoms with Crippen molar-refractivity contribution in [1.29, 1.82) is 0 Å². The molecule has 0 spiro atoms. The summed E-state index contributed by atoms with van der Waals surface area (Å²) >= 11 is 1.86. The Kier molecular flexibility index (Phi) is 5.48. The summed E-state index contributed by atoms with van der Waals surface area (Å²) in [6, 6.07) is 21.4. The lowest BCUT2D eigenvalue weighted by molar-refractivity contribution is -0.172. The lowest BCUT2D eigenvalue weighted by Crippen LogP contribution is -2.44. The number of halogens is 3. The van der Waals surface area contributed by atoms with Crippen LogP contribution >= 0.6 is 11.3 Å². The minimum atomic E-state index is -5.34. The number of nitrogens with zero attached hydrogens (tertiary/aromatic N) is 1. The van der Waals surface area contributed by atoms with Crippen molar-refractivity contribution in [3.8, 4) is 0 Å². The average molecular weight is 480 g/mol. The van der Waals surface area contributed by atoms with E-state index in [0.717, 1.165) is 5.36 Å². The number of benzene rings is 3. The van der Waals surface area contributed by atoms with Gasteiger partial charge in [-0.3, -0.25) is 9.59 Å². The van der Waals surface area contributed by atoms with Crippen molar-refractivity contribution in [3.63, 3.8) is 0 Å². The van der Waals surface area contributed by atoms with Crippen LogP contribution in [0.25, 0.3) is 42.0 Å². The van der Waals surface area contributed by atoms with E-state index in [-0.39, 0.29) is 0 Å². The first kappa shape index (κ1) is 22.3. The Hall–Kier alpha value is -2.95. The third-order valence-corrected chi connectivity index (χ3v) is 7.28. The minimum absolute atomic E-state index is 0.447. The van der Waals surface area contributed by atoms with Gasteiger partial charge in [-0.25, -0.2) is 0 Å². The Bertz CT molecular complexity index is 1650. The zero-order valence-electron chi connectivity index (χ0n) is 17.0. The van der Waals surface area contributed by atoms with Crippen LogP contribution in [0.5, 0.6) is 0 Å². The Labute approximate surface area is 184 Å². The van der Waals surface area contributed by atoms with Gasteiger partial charge in [0.2, 0.25) is 0 Å². The molecule has 3 aromatic carbocycles. The van der Waals surface area contributed by atoms with E-state index >= 15 is 0 Å². The van der Waals surface area contributed by atoms with Crippen molar-refractivity contribution < 1.29 is 31.2 Å². The zero-order valence-corrected chi connectivity index (χ0v) is 18.6. The summed E-state index contributed by atoms with van der Waals surface area (Å²) in [6.45, 7) is 0. The van der Waals surface area contributed by atoms with Crippen molar-refractivity contribution in [2.24, 2.45) is 7.05 Å². The molecule has 0 unspecified atom stereocenters. The third kappa shape index (κ3) is 3.64. The van der Waals surface area contributed by atoms with Gasteiger partial charge in [0.1, 0.15) is 0 Å². The summed E-state index contributed by atoms with van der Waals surface area (Å²) in [4.78, 5) is 0. The fraction of sp³-hybridized carbons (Fsp3) is 0.136. The third-order valence-electron chi connectivity index (χ3n) is 5.14. The molecule has 0 radical (unpaired) electrons. The van der Waals surface area contributed by atoms with Crippen LogP contribution in [0.15, 0.2) is 60.7 Å². The normalized spacial score (nSPS) is 12.4. The van der Waals surface area contributed by atoms with E-state index < -0.39 is 15.6 Å². The van der Waals surface area contributed by atoms with E-state index in [1.165, 1.54) is 42.0 Å². The Balaban J connectivity index is 0.000000234. The molecule has 0 atom stereocenters. The van der Waals surface area contributed by atoms with Gasteiger partial charge in [-0.2, -0.15) is 21.6 Å². The van der Waals surface area contributed by atoms with Crippen LogP contribution in [-0.4, -0.2) is 25.6 Å². The van der Waals surface area contributed by atoms with E-state index in [0.29, 0.717) is 7.11 Å². The fourth-order valence-electron chi connectivity index (χ4n) is 3.71. The second-order valence-corrected chi connectivity index (χ2v) is 9.82. The van der Waals surface area contributed by atoms with Gasteiger partial charge >= 0.3 is 15.6 Å². The van der Waals surface area contributed by atoms with Crippen LogP contribution in [0.4, 0.5) is 13.2 Å². The highest BCUT2D eigenvalue weighted by atomic mass is 32.2. The number of alkyl halides is 3. The molecule has 0 amide bonds. The van der Waals surface area contributed by atoms with Crippen LogP contribution in [0.2, 0.25) is 0 Å². The molecule has 0 aliphatic rings. The van der Waals surface area contributed by atoms with Gasteiger partial charge in [0.25, 0.3) is 0 Å². The summed E-state index contributed by atoms with van der Waals surface area (Å²) < 4.78 is 60.8. The highest BCUT2D eigenvalue weighted by Gasteiger charge is 2.46. The van der Waals surface area contributed by atoms with E-state index in [4.69, 9.17) is 5.41 Å². The monoisotopic (exact) mass is 479 g/mol. The van der Waals surface area contributed by atoms with Gasteiger partial charge in [0.15, 0.2) is 5.36 Å². The van der Waals surface area contributed by atoms with Crippen LogP contribution in [0.3, 0.4) is 0 Å². The van der Waals surface area contributed by atoms with Gasteiger partial charge < -0.3 is 4.57 Å². The molecule has 0 aliphatic heterocycles. The molecule has 5 rings (SSSR count). The topological polar surface area (TPSA) is 73.9 Å².